The molecule has 8 heteroatoms. The number of alkyl carbamates (subject to hydrolysis) is 1. The molecule has 0 saturated carbocycles. The lowest BCUT2D eigenvalue weighted by Crippen LogP contribution is -2.53. The predicted octanol–water partition coefficient (Wildman–Crippen LogP) is 6.52. The molecule has 0 unspecified atom stereocenters. The molecule has 3 aromatic rings. The number of nitrogens with zero attached hydrogens (tertiary/aromatic N) is 1. The summed E-state index contributed by atoms with van der Waals surface area (Å²) < 4.78 is 16.7. The molecule has 1 aromatic heterocycles. The Morgan fingerprint density at radius 3 is 2.11 bits per heavy atom. The number of hydrogen-bond donors (Lipinski definition) is 3. The molecular weight excluding hydrogens is 456 g/mol. The van der Waals surface area contributed by atoms with Gasteiger partial charge < -0.3 is 29.8 Å². The van der Waals surface area contributed by atoms with Crippen LogP contribution >= 0.6 is 0 Å². The largest absolute Gasteiger partial charge is 0.497 e. The predicted molar refractivity (Wildman–Crippen MR) is 145 cm³/mol. The van der Waals surface area contributed by atoms with E-state index in [0.29, 0.717) is 24.3 Å². The molecule has 0 radical (unpaired) electrons. The number of carbonyl (C=O) groups is 1. The topological polar surface area (TPSA) is 97.5 Å². The molecule has 8 nitrogen and oxygen atoms in total. The molecule has 0 atom stereocenters. The van der Waals surface area contributed by atoms with Gasteiger partial charge in [-0.3, -0.25) is 0 Å². The van der Waals surface area contributed by atoms with Crippen molar-refractivity contribution in [3.8, 4) is 17.2 Å². The zero-order valence-corrected chi connectivity index (χ0v) is 23.0. The molecule has 1 aliphatic rings. The van der Waals surface area contributed by atoms with E-state index in [1.807, 2.05) is 90.9 Å². The summed E-state index contributed by atoms with van der Waals surface area (Å²) in [5, 5.41) is 6.44. The molecule has 0 aliphatic carbocycles. The number of imidazole rings is 1. The van der Waals surface area contributed by atoms with Gasteiger partial charge in [0.25, 0.3) is 0 Å². The van der Waals surface area contributed by atoms with Crippen LogP contribution in [0.25, 0.3) is 11.0 Å². The Hall–Kier alpha value is -3.26. The highest BCUT2D eigenvalue weighted by Gasteiger charge is 2.39. The molecule has 198 valence electrons. The van der Waals surface area contributed by atoms with Gasteiger partial charge in [-0.25, -0.2) is 9.78 Å². The van der Waals surface area contributed by atoms with Crippen molar-refractivity contribution in [2.24, 2.45) is 0 Å². The Morgan fingerprint density at radius 1 is 0.944 bits per heavy atom. The van der Waals surface area contributed by atoms with E-state index in [1.54, 1.807) is 7.11 Å². The number of H-pyrrole nitrogens is 1. The molecule has 2 heterocycles. The molecule has 2 aromatic carbocycles. The highest BCUT2D eigenvalue weighted by Crippen LogP contribution is 2.32. The van der Waals surface area contributed by atoms with Gasteiger partial charge >= 0.3 is 6.09 Å². The van der Waals surface area contributed by atoms with E-state index >= 15 is 0 Å². The molecule has 0 bridgehead atoms. The van der Waals surface area contributed by atoms with Gasteiger partial charge in [0.15, 0.2) is 0 Å². The zero-order chi connectivity index (χ0) is 26.8. The Kier molecular flexibility index (Phi) is 10.6. The number of amides is 1. The first-order chi connectivity index (χ1) is 17.3. The van der Waals surface area contributed by atoms with E-state index in [0.717, 1.165) is 35.7 Å². The Balaban J connectivity index is 0.00000109. The van der Waals surface area contributed by atoms with Gasteiger partial charge in [0.2, 0.25) is 0 Å². The molecule has 1 aliphatic heterocycles. The van der Waals surface area contributed by atoms with Crippen LogP contribution in [0.3, 0.4) is 0 Å². The van der Waals surface area contributed by atoms with E-state index in [9.17, 15) is 4.79 Å². The van der Waals surface area contributed by atoms with E-state index in [-0.39, 0.29) is 0 Å². The first-order valence-electron chi connectivity index (χ1n) is 12.8. The average molecular weight is 499 g/mol. The minimum Gasteiger partial charge on any atom is -0.497 e. The summed E-state index contributed by atoms with van der Waals surface area (Å²) in [5.41, 5.74) is 0.462. The summed E-state index contributed by atoms with van der Waals surface area (Å²) in [6.07, 6.45) is 0.978. The van der Waals surface area contributed by atoms with Crippen LogP contribution < -0.4 is 20.1 Å². The van der Waals surface area contributed by atoms with E-state index < -0.39 is 17.2 Å². The maximum Gasteiger partial charge on any atom is 0.408 e. The van der Waals surface area contributed by atoms with Gasteiger partial charge in [0, 0.05) is 6.07 Å². The SMILES string of the molecule is CC.CC.COc1ccc(Oc2ccc3nc(C4(NC(=O)OC(C)(C)C)CCNCC4)[nH]c3c2)cc1. The van der Waals surface area contributed by atoms with Crippen molar-refractivity contribution >= 4 is 17.1 Å². The Morgan fingerprint density at radius 2 is 1.53 bits per heavy atom. The van der Waals surface area contributed by atoms with Gasteiger partial charge in [0.1, 0.15) is 34.2 Å². The quantitative estimate of drug-likeness (QED) is 0.370. The number of fused-ring (bicyclic) bond motifs is 1. The third-order valence-corrected chi connectivity index (χ3v) is 5.40. The van der Waals surface area contributed by atoms with Crippen LogP contribution in [0.2, 0.25) is 0 Å². The second kappa shape index (κ2) is 13.2. The lowest BCUT2D eigenvalue weighted by atomic mass is 9.87. The number of nitrogens with one attached hydrogen (secondary N) is 3. The van der Waals surface area contributed by atoms with Gasteiger partial charge in [-0.05, 0) is 83.1 Å². The van der Waals surface area contributed by atoms with Crippen molar-refractivity contribution in [2.45, 2.75) is 72.4 Å². The van der Waals surface area contributed by atoms with E-state index in [2.05, 4.69) is 15.6 Å². The number of aromatic amines is 1. The van der Waals surface area contributed by atoms with Crippen molar-refractivity contribution in [1.82, 2.24) is 20.6 Å². The number of carbonyl (C=O) groups excluding carboxylic acids is 1. The standard InChI is InChI=1S/C24H30N4O4.2C2H6/c1-23(2,3)32-22(29)28-24(11-13-25-14-12-24)21-26-19-10-9-18(15-20(19)27-21)31-17-7-5-16(30-4)6-8-17;2*1-2/h5-10,15,25H,11-14H2,1-4H3,(H,26,27)(H,28,29);2*1-2H3. The normalized spacial score (nSPS) is 14.4. The highest BCUT2D eigenvalue weighted by atomic mass is 16.6. The summed E-state index contributed by atoms with van der Waals surface area (Å²) in [6, 6.07) is 13.1. The number of piperidine rings is 1. The fourth-order valence-electron chi connectivity index (χ4n) is 3.83. The monoisotopic (exact) mass is 498 g/mol. The Bertz CT molecular complexity index is 1080. The van der Waals surface area contributed by atoms with Crippen molar-refractivity contribution in [3.05, 3.63) is 48.3 Å². The summed E-state index contributed by atoms with van der Waals surface area (Å²) >= 11 is 0. The van der Waals surface area contributed by atoms with Crippen molar-refractivity contribution < 1.29 is 19.0 Å². The van der Waals surface area contributed by atoms with E-state index in [4.69, 9.17) is 19.2 Å². The summed E-state index contributed by atoms with van der Waals surface area (Å²) in [6.45, 7) is 15.1. The smallest absolute Gasteiger partial charge is 0.408 e. The van der Waals surface area contributed by atoms with Gasteiger partial charge in [-0.1, -0.05) is 27.7 Å². The Labute approximate surface area is 215 Å². The molecule has 4 rings (SSSR count). The lowest BCUT2D eigenvalue weighted by Gasteiger charge is -2.37. The maximum absolute atomic E-state index is 12.6. The molecule has 1 saturated heterocycles. The van der Waals surface area contributed by atoms with Crippen LogP contribution in [0.5, 0.6) is 17.2 Å². The number of methoxy groups -OCH3 is 1. The lowest BCUT2D eigenvalue weighted by molar-refractivity contribution is 0.0419. The van der Waals surface area contributed by atoms with E-state index in [1.165, 1.54) is 0 Å². The highest BCUT2D eigenvalue weighted by molar-refractivity contribution is 5.77. The van der Waals surface area contributed by atoms with Crippen LogP contribution in [0.15, 0.2) is 42.5 Å². The van der Waals surface area contributed by atoms with Crippen LogP contribution in [-0.2, 0) is 10.3 Å². The third kappa shape index (κ3) is 7.62. The van der Waals surface area contributed by atoms with Crippen LogP contribution in [-0.4, -0.2) is 41.9 Å². The number of benzene rings is 2. The minimum absolute atomic E-state index is 0.441. The molecule has 0 spiro atoms. The number of ether oxygens (including phenoxy) is 3. The molecule has 1 fully saturated rings. The van der Waals surface area contributed by atoms with Crippen LogP contribution in [0.4, 0.5) is 4.79 Å². The second-order valence-electron chi connectivity index (χ2n) is 9.00. The van der Waals surface area contributed by atoms with Crippen molar-refractivity contribution in [1.29, 1.82) is 0 Å². The van der Waals surface area contributed by atoms with Gasteiger partial charge in [-0.15, -0.1) is 0 Å². The van der Waals surface area contributed by atoms with Crippen LogP contribution in [0.1, 0.15) is 67.1 Å². The molecule has 36 heavy (non-hydrogen) atoms. The first-order valence-corrected chi connectivity index (χ1v) is 12.8. The average Bonchev–Trinajstić information content (AvgIpc) is 3.31. The first kappa shape index (κ1) is 29.0. The molecule has 3 N–H and O–H groups in total. The molecular formula is C28H42N4O4. The fourth-order valence-corrected chi connectivity index (χ4v) is 3.83. The zero-order valence-electron chi connectivity index (χ0n) is 23.0. The number of rotatable bonds is 5. The maximum atomic E-state index is 12.6. The number of aromatic nitrogens is 2. The summed E-state index contributed by atoms with van der Waals surface area (Å²) in [5.74, 6) is 2.90. The summed E-state index contributed by atoms with van der Waals surface area (Å²) in [7, 11) is 1.63. The molecule has 1 amide bonds. The second-order valence-corrected chi connectivity index (χ2v) is 9.00. The van der Waals surface area contributed by atoms with Gasteiger partial charge in [0.05, 0.1) is 18.1 Å². The fraction of sp³-hybridized carbons (Fsp3) is 0.500. The minimum atomic E-state index is -0.621. The summed E-state index contributed by atoms with van der Waals surface area (Å²) in [4.78, 5) is 20.8. The third-order valence-electron chi connectivity index (χ3n) is 5.40. The van der Waals surface area contributed by atoms with Gasteiger partial charge in [-0.2, -0.15) is 0 Å². The van der Waals surface area contributed by atoms with Crippen LogP contribution in [0, 0.1) is 0 Å². The van der Waals surface area contributed by atoms with Crippen molar-refractivity contribution in [2.75, 3.05) is 20.2 Å². The number of hydrogen-bond acceptors (Lipinski definition) is 6. The van der Waals surface area contributed by atoms with Crippen molar-refractivity contribution in [3.63, 3.8) is 0 Å².